The molecule has 1 aromatic carbocycles. The van der Waals surface area contributed by atoms with Crippen LogP contribution in [0.4, 0.5) is 0 Å². The van der Waals surface area contributed by atoms with Crippen LogP contribution in [0.25, 0.3) is 0 Å². The van der Waals surface area contributed by atoms with Crippen molar-refractivity contribution in [3.63, 3.8) is 0 Å². The maximum Gasteiger partial charge on any atom is 0.276 e. The van der Waals surface area contributed by atoms with Gasteiger partial charge in [-0.3, -0.25) is 0 Å². The molecular weight excluding hydrogens is 248 g/mol. The molecule has 18 heavy (non-hydrogen) atoms. The first-order valence-corrected chi connectivity index (χ1v) is 6.31. The normalized spacial score (nSPS) is 13.8. The Hall–Kier alpha value is -1.84. The zero-order valence-corrected chi connectivity index (χ0v) is 10.6. The zero-order valence-electron chi connectivity index (χ0n) is 9.83. The third-order valence-electron chi connectivity index (χ3n) is 2.42. The Balaban J connectivity index is 2.12. The highest BCUT2D eigenvalue weighted by Gasteiger charge is 2.28. The van der Waals surface area contributed by atoms with E-state index in [1.165, 1.54) is 11.8 Å². The fraction of sp³-hybridized carbons (Fsp3) is 0.250. The molecule has 1 unspecified atom stereocenters. The first-order valence-electron chi connectivity index (χ1n) is 5.32. The second-order valence-corrected chi connectivity index (χ2v) is 4.75. The van der Waals surface area contributed by atoms with Crippen LogP contribution in [0.3, 0.4) is 0 Å². The third-order valence-corrected chi connectivity index (χ3v) is 3.43. The summed E-state index contributed by atoms with van der Waals surface area (Å²) in [6, 6.07) is 11.4. The molecule has 1 aromatic heterocycles. The number of aromatic nitrogens is 2. The highest BCUT2D eigenvalue weighted by atomic mass is 32.2. The summed E-state index contributed by atoms with van der Waals surface area (Å²) in [6.07, 6.45) is 0. The summed E-state index contributed by atoms with van der Waals surface area (Å²) in [5.41, 5.74) is 5.81. The predicted octanol–water partition coefficient (Wildman–Crippen LogP) is 1.85. The average Bonchev–Trinajstić information content (AvgIpc) is 2.83. The maximum absolute atomic E-state index is 9.27. The molecule has 1 atom stereocenters. The number of nitrogens with two attached hydrogens (primary N) is 1. The van der Waals surface area contributed by atoms with Crippen molar-refractivity contribution < 1.29 is 4.42 Å². The van der Waals surface area contributed by atoms with E-state index in [0.29, 0.717) is 16.9 Å². The van der Waals surface area contributed by atoms with E-state index in [1.54, 1.807) is 6.92 Å². The van der Waals surface area contributed by atoms with E-state index in [1.807, 2.05) is 30.3 Å². The fourth-order valence-electron chi connectivity index (χ4n) is 1.43. The van der Waals surface area contributed by atoms with Crippen LogP contribution in [0, 0.1) is 18.3 Å². The second-order valence-electron chi connectivity index (χ2n) is 3.82. The van der Waals surface area contributed by atoms with Crippen molar-refractivity contribution in [2.45, 2.75) is 17.7 Å². The van der Waals surface area contributed by atoms with Crippen molar-refractivity contribution in [1.82, 2.24) is 10.2 Å². The second kappa shape index (κ2) is 5.21. The van der Waals surface area contributed by atoms with Gasteiger partial charge in [0.1, 0.15) is 5.54 Å². The molecule has 2 N–H and O–H groups in total. The van der Waals surface area contributed by atoms with E-state index in [0.717, 1.165) is 5.56 Å². The van der Waals surface area contributed by atoms with E-state index in [9.17, 15) is 5.26 Å². The molecule has 5 nitrogen and oxygen atoms in total. The minimum absolute atomic E-state index is 0.356. The van der Waals surface area contributed by atoms with Crippen LogP contribution in [-0.2, 0) is 5.54 Å². The van der Waals surface area contributed by atoms with Gasteiger partial charge in [-0.05, 0) is 5.56 Å². The molecule has 0 amide bonds. The number of nitrogens with zero attached hydrogens (tertiary/aromatic N) is 3. The van der Waals surface area contributed by atoms with Crippen LogP contribution in [0.5, 0.6) is 0 Å². The predicted molar refractivity (Wildman–Crippen MR) is 67.7 cm³/mol. The Bertz CT molecular complexity index is 563. The van der Waals surface area contributed by atoms with Gasteiger partial charge in [0.05, 0.1) is 6.07 Å². The molecule has 2 rings (SSSR count). The van der Waals surface area contributed by atoms with Gasteiger partial charge in [-0.2, -0.15) is 5.26 Å². The van der Waals surface area contributed by atoms with E-state index < -0.39 is 5.54 Å². The molecule has 2 aromatic rings. The van der Waals surface area contributed by atoms with Gasteiger partial charge >= 0.3 is 0 Å². The summed E-state index contributed by atoms with van der Waals surface area (Å²) < 4.78 is 5.24. The number of hydrogen-bond acceptors (Lipinski definition) is 6. The molecule has 1 heterocycles. The Morgan fingerprint density at radius 3 is 2.67 bits per heavy atom. The van der Waals surface area contributed by atoms with Crippen LogP contribution in [0.15, 0.2) is 40.0 Å². The molecule has 0 bridgehead atoms. The lowest BCUT2D eigenvalue weighted by molar-refractivity contribution is 0.428. The van der Waals surface area contributed by atoms with Crippen molar-refractivity contribution in [2.75, 3.05) is 5.75 Å². The van der Waals surface area contributed by atoms with E-state index >= 15 is 0 Å². The lowest BCUT2D eigenvalue weighted by atomic mass is 9.95. The van der Waals surface area contributed by atoms with Crippen LogP contribution in [-0.4, -0.2) is 16.0 Å². The van der Waals surface area contributed by atoms with Crippen molar-refractivity contribution in [3.05, 3.63) is 41.8 Å². The molecule has 6 heteroatoms. The lowest BCUT2D eigenvalue weighted by Gasteiger charge is -2.20. The van der Waals surface area contributed by atoms with Gasteiger partial charge in [-0.1, -0.05) is 42.1 Å². The Kier molecular flexibility index (Phi) is 3.65. The number of nitriles is 1. The first-order chi connectivity index (χ1) is 8.64. The van der Waals surface area contributed by atoms with E-state index in [2.05, 4.69) is 16.3 Å². The van der Waals surface area contributed by atoms with Crippen molar-refractivity contribution in [2.24, 2.45) is 5.73 Å². The summed E-state index contributed by atoms with van der Waals surface area (Å²) in [7, 11) is 0. The number of rotatable bonds is 4. The van der Waals surface area contributed by atoms with Crippen LogP contribution in [0.1, 0.15) is 11.5 Å². The highest BCUT2D eigenvalue weighted by Crippen LogP contribution is 2.26. The van der Waals surface area contributed by atoms with E-state index in [-0.39, 0.29) is 0 Å². The average molecular weight is 260 g/mol. The molecule has 92 valence electrons. The minimum Gasteiger partial charge on any atom is -0.416 e. The Morgan fingerprint density at radius 2 is 2.11 bits per heavy atom. The van der Waals surface area contributed by atoms with E-state index in [4.69, 9.17) is 10.2 Å². The number of aryl methyl sites for hydroxylation is 1. The highest BCUT2D eigenvalue weighted by molar-refractivity contribution is 7.99. The molecule has 0 fully saturated rings. The Morgan fingerprint density at radius 1 is 1.39 bits per heavy atom. The van der Waals surface area contributed by atoms with Gasteiger partial charge in [0.2, 0.25) is 5.89 Å². The van der Waals surface area contributed by atoms with Crippen molar-refractivity contribution in [3.8, 4) is 6.07 Å². The number of benzene rings is 1. The van der Waals surface area contributed by atoms with Gasteiger partial charge < -0.3 is 10.2 Å². The Labute approximate surface area is 109 Å². The number of thioether (sulfide) groups is 1. The van der Waals surface area contributed by atoms with Gasteiger partial charge in [-0.15, -0.1) is 10.2 Å². The van der Waals surface area contributed by atoms with Gasteiger partial charge in [0, 0.05) is 12.7 Å². The molecule has 0 spiro atoms. The largest absolute Gasteiger partial charge is 0.416 e. The standard InChI is InChI=1S/C12H12N4OS/c1-9-15-16-11(17-9)18-8-12(14,7-13)10-5-3-2-4-6-10/h2-6H,8,14H2,1H3. The summed E-state index contributed by atoms with van der Waals surface area (Å²) in [5, 5.41) is 17.3. The molecule has 0 radical (unpaired) electrons. The topological polar surface area (TPSA) is 88.7 Å². The third kappa shape index (κ3) is 2.70. The fourth-order valence-corrected chi connectivity index (χ4v) is 2.29. The molecule has 0 aliphatic carbocycles. The summed E-state index contributed by atoms with van der Waals surface area (Å²) >= 11 is 1.28. The molecule has 0 aliphatic heterocycles. The lowest BCUT2D eigenvalue weighted by Crippen LogP contribution is -2.37. The summed E-state index contributed by atoms with van der Waals surface area (Å²) in [4.78, 5) is 0. The molecular formula is C12H12N4OS. The molecule has 0 saturated heterocycles. The van der Waals surface area contributed by atoms with Gasteiger partial charge in [0.25, 0.3) is 5.22 Å². The smallest absolute Gasteiger partial charge is 0.276 e. The zero-order chi connectivity index (χ0) is 13.0. The summed E-state index contributed by atoms with van der Waals surface area (Å²) in [5.74, 6) is 0.853. The summed E-state index contributed by atoms with van der Waals surface area (Å²) in [6.45, 7) is 1.72. The monoisotopic (exact) mass is 260 g/mol. The van der Waals surface area contributed by atoms with Gasteiger partial charge in [-0.25, -0.2) is 0 Å². The number of hydrogen-bond donors (Lipinski definition) is 1. The van der Waals surface area contributed by atoms with Crippen LogP contribution >= 0.6 is 11.8 Å². The van der Waals surface area contributed by atoms with Gasteiger partial charge in [0.15, 0.2) is 0 Å². The SMILES string of the molecule is Cc1nnc(SCC(N)(C#N)c2ccccc2)o1. The van der Waals surface area contributed by atoms with Crippen LogP contribution in [0.2, 0.25) is 0 Å². The van der Waals surface area contributed by atoms with Crippen molar-refractivity contribution in [1.29, 1.82) is 5.26 Å². The molecule has 0 aliphatic rings. The minimum atomic E-state index is -1.06. The quantitative estimate of drug-likeness (QED) is 0.844. The van der Waals surface area contributed by atoms with Crippen molar-refractivity contribution >= 4 is 11.8 Å². The maximum atomic E-state index is 9.27. The van der Waals surface area contributed by atoms with Crippen LogP contribution < -0.4 is 5.73 Å². The molecule has 0 saturated carbocycles. The first kappa shape index (κ1) is 12.6.